The standard InChI is InChI=1S/C18H21N3O4/c1-11-15(22)16(23)17(24)18(25-11)19-12-7-9-14(10-8-12)21-20-13-5-3-2-4-6-13/h2-11,15-19,22-24H,1H3/t11-,15-,16+,17+,18+/m0/s1. The Balaban J connectivity index is 1.64. The highest BCUT2D eigenvalue weighted by Gasteiger charge is 2.41. The Kier molecular flexibility index (Phi) is 5.40. The summed E-state index contributed by atoms with van der Waals surface area (Å²) in [7, 11) is 0. The summed E-state index contributed by atoms with van der Waals surface area (Å²) in [6.45, 7) is 1.64. The number of rotatable bonds is 4. The molecular weight excluding hydrogens is 322 g/mol. The van der Waals surface area contributed by atoms with Crippen molar-refractivity contribution in [3.63, 3.8) is 0 Å². The summed E-state index contributed by atoms with van der Waals surface area (Å²) in [5.41, 5.74) is 2.15. The summed E-state index contributed by atoms with van der Waals surface area (Å²) in [4.78, 5) is 0. The minimum absolute atomic E-state index is 0.588. The number of hydrogen-bond acceptors (Lipinski definition) is 7. The fourth-order valence-corrected chi connectivity index (χ4v) is 2.57. The predicted molar refractivity (Wildman–Crippen MR) is 93.0 cm³/mol. The van der Waals surface area contributed by atoms with Crippen molar-refractivity contribution in [3.8, 4) is 0 Å². The van der Waals surface area contributed by atoms with Gasteiger partial charge in [-0.25, -0.2) is 0 Å². The van der Waals surface area contributed by atoms with Gasteiger partial charge in [0.2, 0.25) is 0 Å². The number of aliphatic hydroxyl groups excluding tert-OH is 3. The van der Waals surface area contributed by atoms with Crippen LogP contribution in [0.25, 0.3) is 0 Å². The van der Waals surface area contributed by atoms with Gasteiger partial charge >= 0.3 is 0 Å². The molecule has 1 saturated heterocycles. The van der Waals surface area contributed by atoms with Crippen LogP contribution in [0.4, 0.5) is 17.1 Å². The van der Waals surface area contributed by atoms with Gasteiger partial charge in [-0.1, -0.05) is 18.2 Å². The summed E-state index contributed by atoms with van der Waals surface area (Å²) in [6, 6.07) is 16.5. The second-order valence-corrected chi connectivity index (χ2v) is 5.96. The maximum Gasteiger partial charge on any atom is 0.157 e. The Hall–Kier alpha value is -2.32. The van der Waals surface area contributed by atoms with E-state index >= 15 is 0 Å². The van der Waals surface area contributed by atoms with E-state index in [1.165, 1.54) is 0 Å². The molecule has 2 aromatic carbocycles. The lowest BCUT2D eigenvalue weighted by molar-refractivity contribution is -0.209. The smallest absolute Gasteiger partial charge is 0.157 e. The van der Waals surface area contributed by atoms with Gasteiger partial charge in [0.05, 0.1) is 17.5 Å². The molecule has 1 aliphatic heterocycles. The SMILES string of the molecule is C[C@@H]1O[C@@H](Nc2ccc(N=Nc3ccccc3)cc2)[C@H](O)[C@H](O)[C@H]1O. The van der Waals surface area contributed by atoms with Crippen molar-refractivity contribution in [2.75, 3.05) is 5.32 Å². The van der Waals surface area contributed by atoms with Crippen molar-refractivity contribution in [1.82, 2.24) is 0 Å². The normalized spacial score (nSPS) is 29.7. The predicted octanol–water partition coefficient (Wildman–Crippen LogP) is 2.34. The second-order valence-electron chi connectivity index (χ2n) is 5.96. The van der Waals surface area contributed by atoms with E-state index < -0.39 is 30.6 Å². The van der Waals surface area contributed by atoms with Gasteiger partial charge in [-0.2, -0.15) is 10.2 Å². The second kappa shape index (κ2) is 7.71. The third-order valence-electron chi connectivity index (χ3n) is 4.07. The summed E-state index contributed by atoms with van der Waals surface area (Å²) < 4.78 is 5.51. The Labute approximate surface area is 145 Å². The van der Waals surface area contributed by atoms with Gasteiger partial charge in [-0.15, -0.1) is 0 Å². The van der Waals surface area contributed by atoms with E-state index in [1.807, 2.05) is 30.3 Å². The summed E-state index contributed by atoms with van der Waals surface area (Å²) in [5.74, 6) is 0. The van der Waals surface area contributed by atoms with Crippen LogP contribution < -0.4 is 5.32 Å². The third-order valence-corrected chi connectivity index (χ3v) is 4.07. The van der Waals surface area contributed by atoms with Gasteiger partial charge in [-0.3, -0.25) is 0 Å². The summed E-state index contributed by atoms with van der Waals surface area (Å²) >= 11 is 0. The van der Waals surface area contributed by atoms with Crippen LogP contribution in [-0.4, -0.2) is 46.0 Å². The monoisotopic (exact) mass is 343 g/mol. The zero-order valence-corrected chi connectivity index (χ0v) is 13.7. The van der Waals surface area contributed by atoms with Gasteiger partial charge < -0.3 is 25.4 Å². The van der Waals surface area contributed by atoms with E-state index in [-0.39, 0.29) is 0 Å². The fourth-order valence-electron chi connectivity index (χ4n) is 2.57. The highest BCUT2D eigenvalue weighted by molar-refractivity contribution is 5.51. The van der Waals surface area contributed by atoms with Crippen LogP contribution in [0.2, 0.25) is 0 Å². The molecule has 0 amide bonds. The molecule has 5 atom stereocenters. The van der Waals surface area contributed by atoms with Gasteiger partial charge in [0.1, 0.15) is 18.3 Å². The van der Waals surface area contributed by atoms with Crippen LogP contribution in [0.15, 0.2) is 64.8 Å². The first-order valence-corrected chi connectivity index (χ1v) is 8.07. The molecular formula is C18H21N3O4. The first-order chi connectivity index (χ1) is 12.0. The van der Waals surface area contributed by atoms with Crippen molar-refractivity contribution >= 4 is 17.1 Å². The quantitative estimate of drug-likeness (QED) is 0.638. The van der Waals surface area contributed by atoms with Crippen LogP contribution in [0.3, 0.4) is 0 Å². The van der Waals surface area contributed by atoms with E-state index in [1.54, 1.807) is 31.2 Å². The van der Waals surface area contributed by atoms with E-state index in [0.717, 1.165) is 5.69 Å². The molecule has 0 unspecified atom stereocenters. The molecule has 0 bridgehead atoms. The number of aliphatic hydroxyl groups is 3. The molecule has 1 aliphatic rings. The first kappa shape index (κ1) is 17.5. The van der Waals surface area contributed by atoms with Crippen molar-refractivity contribution in [3.05, 3.63) is 54.6 Å². The number of azo groups is 1. The largest absolute Gasteiger partial charge is 0.388 e. The maximum atomic E-state index is 10.0. The molecule has 0 saturated carbocycles. The molecule has 0 aliphatic carbocycles. The topological polar surface area (TPSA) is 107 Å². The van der Waals surface area contributed by atoms with Crippen molar-refractivity contribution < 1.29 is 20.1 Å². The van der Waals surface area contributed by atoms with Crippen LogP contribution >= 0.6 is 0 Å². The van der Waals surface area contributed by atoms with E-state index in [0.29, 0.717) is 11.4 Å². The first-order valence-electron chi connectivity index (χ1n) is 8.07. The van der Waals surface area contributed by atoms with Gasteiger partial charge in [0.25, 0.3) is 0 Å². The van der Waals surface area contributed by atoms with Crippen LogP contribution in [0, 0.1) is 0 Å². The van der Waals surface area contributed by atoms with Gasteiger partial charge in [0, 0.05) is 5.69 Å². The molecule has 0 spiro atoms. The van der Waals surface area contributed by atoms with Crippen molar-refractivity contribution in [2.24, 2.45) is 10.2 Å². The summed E-state index contributed by atoms with van der Waals surface area (Å²) in [6.07, 6.45) is -5.02. The van der Waals surface area contributed by atoms with Crippen LogP contribution in [-0.2, 0) is 4.74 Å². The molecule has 132 valence electrons. The molecule has 4 N–H and O–H groups in total. The lowest BCUT2D eigenvalue weighted by Crippen LogP contribution is -2.58. The zero-order chi connectivity index (χ0) is 17.8. The molecule has 7 nitrogen and oxygen atoms in total. The minimum atomic E-state index is -1.26. The number of nitrogens with zero attached hydrogens (tertiary/aromatic N) is 2. The van der Waals surface area contributed by atoms with Crippen LogP contribution in [0.5, 0.6) is 0 Å². The van der Waals surface area contributed by atoms with E-state index in [4.69, 9.17) is 4.74 Å². The van der Waals surface area contributed by atoms with E-state index in [9.17, 15) is 15.3 Å². The summed E-state index contributed by atoms with van der Waals surface area (Å²) in [5, 5.41) is 40.9. The Morgan fingerprint density at radius 2 is 1.40 bits per heavy atom. The average molecular weight is 343 g/mol. The molecule has 1 fully saturated rings. The molecule has 3 rings (SSSR count). The van der Waals surface area contributed by atoms with Crippen molar-refractivity contribution in [1.29, 1.82) is 0 Å². The third kappa shape index (κ3) is 4.21. The van der Waals surface area contributed by atoms with Crippen LogP contribution in [0.1, 0.15) is 6.92 Å². The highest BCUT2D eigenvalue weighted by atomic mass is 16.5. The average Bonchev–Trinajstić information content (AvgIpc) is 2.64. The Morgan fingerprint density at radius 3 is 2.04 bits per heavy atom. The molecule has 25 heavy (non-hydrogen) atoms. The number of benzene rings is 2. The van der Waals surface area contributed by atoms with E-state index in [2.05, 4.69) is 15.5 Å². The number of nitrogens with one attached hydrogen (secondary N) is 1. The molecule has 1 heterocycles. The zero-order valence-electron chi connectivity index (χ0n) is 13.7. The number of hydrogen-bond donors (Lipinski definition) is 4. The molecule has 0 aromatic heterocycles. The lowest BCUT2D eigenvalue weighted by atomic mass is 9.99. The maximum absolute atomic E-state index is 10.0. The molecule has 7 heteroatoms. The number of anilines is 1. The molecule has 2 aromatic rings. The van der Waals surface area contributed by atoms with Crippen molar-refractivity contribution in [2.45, 2.75) is 37.6 Å². The Morgan fingerprint density at radius 1 is 0.800 bits per heavy atom. The molecule has 0 radical (unpaired) electrons. The fraction of sp³-hybridized carbons (Fsp3) is 0.333. The highest BCUT2D eigenvalue weighted by Crippen LogP contribution is 2.24. The number of ether oxygens (including phenoxy) is 1. The lowest BCUT2D eigenvalue weighted by Gasteiger charge is -2.39. The van der Waals surface area contributed by atoms with Gasteiger partial charge in [-0.05, 0) is 43.3 Å². The van der Waals surface area contributed by atoms with Gasteiger partial charge in [0.15, 0.2) is 6.23 Å². The Bertz CT molecular complexity index is 708. The minimum Gasteiger partial charge on any atom is -0.388 e.